The van der Waals surface area contributed by atoms with Crippen molar-refractivity contribution in [2.75, 3.05) is 24.5 Å². The summed E-state index contributed by atoms with van der Waals surface area (Å²) in [4.78, 5) is 13.2. The van der Waals surface area contributed by atoms with Crippen LogP contribution in [0.15, 0.2) is 18.2 Å². The number of rotatable bonds is 1. The molecule has 0 unspecified atom stereocenters. The molecule has 1 aliphatic rings. The number of nitrogens with one attached hydrogen (secondary N) is 1. The molecule has 1 aromatic rings. The van der Waals surface area contributed by atoms with Crippen LogP contribution >= 0.6 is 0 Å². The van der Waals surface area contributed by atoms with Crippen molar-refractivity contribution in [3.8, 4) is 0 Å². The minimum absolute atomic E-state index is 0.0799. The number of piperazine rings is 1. The second kappa shape index (κ2) is 4.69. The second-order valence-corrected chi connectivity index (χ2v) is 5.64. The average Bonchev–Trinajstić information content (AvgIpc) is 2.29. The van der Waals surface area contributed by atoms with E-state index in [1.165, 1.54) is 11.0 Å². The molecule has 0 radical (unpaired) electrons. The summed E-state index contributed by atoms with van der Waals surface area (Å²) in [5, 5.41) is 2.98. The Bertz CT molecular complexity index is 465. The Morgan fingerprint density at radius 2 is 2.06 bits per heavy atom. The summed E-state index contributed by atoms with van der Waals surface area (Å²) in [6.07, 6.45) is 0. The van der Waals surface area contributed by atoms with E-state index >= 15 is 0 Å². The topological polar surface area (TPSA) is 32.3 Å². The Morgan fingerprint density at radius 1 is 1.33 bits per heavy atom. The fraction of sp³-hybridized carbons (Fsp3) is 0.500. The van der Waals surface area contributed by atoms with Gasteiger partial charge in [0.05, 0.1) is 12.2 Å². The average molecular weight is 250 g/mol. The van der Waals surface area contributed by atoms with Crippen molar-refractivity contribution in [1.29, 1.82) is 0 Å². The molecule has 1 amide bonds. The minimum atomic E-state index is -0.322. The lowest BCUT2D eigenvalue weighted by Crippen LogP contribution is -2.48. The van der Waals surface area contributed by atoms with E-state index in [2.05, 4.69) is 5.32 Å². The molecule has 0 bridgehead atoms. The highest BCUT2D eigenvalue weighted by Crippen LogP contribution is 2.28. The summed E-state index contributed by atoms with van der Waals surface area (Å²) in [5.41, 5.74) is 1.23. The third kappa shape index (κ3) is 2.53. The maximum atomic E-state index is 14.1. The van der Waals surface area contributed by atoms with Gasteiger partial charge in [0.15, 0.2) is 0 Å². The van der Waals surface area contributed by atoms with Crippen molar-refractivity contribution in [3.05, 3.63) is 29.6 Å². The highest BCUT2D eigenvalue weighted by atomic mass is 19.1. The zero-order chi connectivity index (χ0) is 13.3. The van der Waals surface area contributed by atoms with Gasteiger partial charge in [0.25, 0.3) is 0 Å². The van der Waals surface area contributed by atoms with Crippen LogP contribution < -0.4 is 10.2 Å². The lowest BCUT2D eigenvalue weighted by atomic mass is 9.87. The van der Waals surface area contributed by atoms with Gasteiger partial charge in [-0.2, -0.15) is 0 Å². The van der Waals surface area contributed by atoms with Crippen molar-refractivity contribution in [3.63, 3.8) is 0 Å². The zero-order valence-electron chi connectivity index (χ0n) is 11.1. The van der Waals surface area contributed by atoms with Gasteiger partial charge in [-0.05, 0) is 23.1 Å². The first-order valence-electron chi connectivity index (χ1n) is 6.21. The molecular formula is C14H19FN2O. The summed E-state index contributed by atoms with van der Waals surface area (Å²) in [7, 11) is 0. The number of anilines is 1. The van der Waals surface area contributed by atoms with Crippen LogP contribution in [0.4, 0.5) is 10.1 Å². The number of benzene rings is 1. The van der Waals surface area contributed by atoms with E-state index in [0.717, 1.165) is 5.56 Å². The number of halogens is 1. The van der Waals surface area contributed by atoms with E-state index in [4.69, 9.17) is 0 Å². The predicted octanol–water partition coefficient (Wildman–Crippen LogP) is 2.06. The monoisotopic (exact) mass is 250 g/mol. The lowest BCUT2D eigenvalue weighted by Gasteiger charge is -2.28. The molecule has 1 aliphatic heterocycles. The third-order valence-electron chi connectivity index (χ3n) is 3.19. The van der Waals surface area contributed by atoms with Gasteiger partial charge in [-0.3, -0.25) is 4.79 Å². The number of carbonyl (C=O) groups excluding carboxylic acids is 1. The first kappa shape index (κ1) is 13.0. The summed E-state index contributed by atoms with van der Waals surface area (Å²) < 4.78 is 14.1. The van der Waals surface area contributed by atoms with Crippen molar-refractivity contribution in [2.24, 2.45) is 0 Å². The number of hydrogen-bond donors (Lipinski definition) is 1. The molecule has 98 valence electrons. The van der Waals surface area contributed by atoms with Crippen LogP contribution in [0.2, 0.25) is 0 Å². The molecular weight excluding hydrogens is 231 g/mol. The summed E-state index contributed by atoms with van der Waals surface area (Å²) in [5.74, 6) is -0.402. The number of carbonyl (C=O) groups is 1. The molecule has 4 heteroatoms. The molecule has 0 aromatic heterocycles. The number of amides is 1. The molecule has 0 aliphatic carbocycles. The lowest BCUT2D eigenvalue weighted by molar-refractivity contribution is -0.118. The Balaban J connectivity index is 2.32. The minimum Gasteiger partial charge on any atom is -0.307 e. The van der Waals surface area contributed by atoms with Crippen molar-refractivity contribution < 1.29 is 9.18 Å². The van der Waals surface area contributed by atoms with Crippen LogP contribution in [-0.2, 0) is 10.2 Å². The smallest absolute Gasteiger partial charge is 0.241 e. The van der Waals surface area contributed by atoms with E-state index in [9.17, 15) is 9.18 Å². The molecule has 1 heterocycles. The first-order valence-corrected chi connectivity index (χ1v) is 6.21. The fourth-order valence-corrected chi connectivity index (χ4v) is 2.05. The maximum Gasteiger partial charge on any atom is 0.241 e. The second-order valence-electron chi connectivity index (χ2n) is 5.64. The number of hydrogen-bond acceptors (Lipinski definition) is 2. The van der Waals surface area contributed by atoms with E-state index < -0.39 is 0 Å². The predicted molar refractivity (Wildman–Crippen MR) is 70.3 cm³/mol. The van der Waals surface area contributed by atoms with Gasteiger partial charge in [-0.15, -0.1) is 0 Å². The maximum absolute atomic E-state index is 14.1. The molecule has 0 spiro atoms. The molecule has 1 fully saturated rings. The molecule has 0 saturated carbocycles. The van der Waals surface area contributed by atoms with E-state index in [0.29, 0.717) is 18.8 Å². The van der Waals surface area contributed by atoms with Crippen molar-refractivity contribution >= 4 is 11.6 Å². The van der Waals surface area contributed by atoms with Gasteiger partial charge >= 0.3 is 0 Å². The quantitative estimate of drug-likeness (QED) is 0.827. The van der Waals surface area contributed by atoms with Crippen LogP contribution in [0.3, 0.4) is 0 Å². The van der Waals surface area contributed by atoms with Gasteiger partial charge in [-0.25, -0.2) is 4.39 Å². The van der Waals surface area contributed by atoms with Gasteiger partial charge in [0, 0.05) is 13.1 Å². The van der Waals surface area contributed by atoms with Crippen LogP contribution in [0.5, 0.6) is 0 Å². The van der Waals surface area contributed by atoms with Gasteiger partial charge in [0.2, 0.25) is 5.91 Å². The van der Waals surface area contributed by atoms with Crippen LogP contribution in [0, 0.1) is 5.82 Å². The first-order chi connectivity index (χ1) is 8.39. The molecule has 18 heavy (non-hydrogen) atoms. The van der Waals surface area contributed by atoms with Gasteiger partial charge in [-0.1, -0.05) is 26.8 Å². The Kier molecular flexibility index (Phi) is 3.39. The molecule has 1 aromatic carbocycles. The SMILES string of the molecule is CC(C)(C)c1ccc(N2CCNCC2=O)c(F)c1. The van der Waals surface area contributed by atoms with Crippen molar-refractivity contribution in [2.45, 2.75) is 26.2 Å². The molecule has 3 nitrogen and oxygen atoms in total. The molecule has 2 rings (SSSR count). The summed E-state index contributed by atoms with van der Waals surface area (Å²) in [6.45, 7) is 7.61. The van der Waals surface area contributed by atoms with Crippen LogP contribution in [0.1, 0.15) is 26.3 Å². The zero-order valence-corrected chi connectivity index (χ0v) is 11.1. The summed E-state index contributed by atoms with van der Waals surface area (Å²) >= 11 is 0. The Hall–Kier alpha value is -1.42. The van der Waals surface area contributed by atoms with E-state index in [-0.39, 0.29) is 23.7 Å². The molecule has 1 saturated heterocycles. The van der Waals surface area contributed by atoms with Crippen LogP contribution in [0.25, 0.3) is 0 Å². The number of nitrogens with zero attached hydrogens (tertiary/aromatic N) is 1. The highest BCUT2D eigenvalue weighted by Gasteiger charge is 2.23. The van der Waals surface area contributed by atoms with E-state index in [1.54, 1.807) is 6.07 Å². The Labute approximate surface area is 107 Å². The standard InChI is InChI=1S/C14H19FN2O/c1-14(2,3)10-4-5-12(11(15)8-10)17-7-6-16-9-13(17)18/h4-5,8,16H,6-7,9H2,1-3H3. The van der Waals surface area contributed by atoms with Crippen molar-refractivity contribution in [1.82, 2.24) is 5.32 Å². The molecule has 1 N–H and O–H groups in total. The van der Waals surface area contributed by atoms with E-state index in [1.807, 2.05) is 26.8 Å². The van der Waals surface area contributed by atoms with Gasteiger partial charge in [0.1, 0.15) is 5.82 Å². The van der Waals surface area contributed by atoms with Crippen LogP contribution in [-0.4, -0.2) is 25.5 Å². The highest BCUT2D eigenvalue weighted by molar-refractivity contribution is 5.95. The molecule has 0 atom stereocenters. The largest absolute Gasteiger partial charge is 0.307 e. The fourth-order valence-electron chi connectivity index (χ4n) is 2.05. The van der Waals surface area contributed by atoms with Gasteiger partial charge < -0.3 is 10.2 Å². The Morgan fingerprint density at radius 3 is 2.61 bits per heavy atom. The third-order valence-corrected chi connectivity index (χ3v) is 3.19. The summed E-state index contributed by atoms with van der Waals surface area (Å²) in [6, 6.07) is 5.14. The normalized spacial score (nSPS) is 17.1.